The molecule has 2 aliphatic rings. The van der Waals surface area contributed by atoms with Crippen molar-refractivity contribution in [3.63, 3.8) is 0 Å². The maximum absolute atomic E-state index is 12.4. The number of hydrogen-bond donors (Lipinski definition) is 4. The zero-order valence-electron chi connectivity index (χ0n) is 14.9. The van der Waals surface area contributed by atoms with Crippen LogP contribution >= 0.6 is 0 Å². The van der Waals surface area contributed by atoms with Crippen molar-refractivity contribution in [2.75, 3.05) is 13.1 Å². The number of likely N-dealkylation sites (tertiary alicyclic amines) is 1. The van der Waals surface area contributed by atoms with Gasteiger partial charge in [-0.15, -0.1) is 0 Å². The number of rotatable bonds is 5. The molecule has 1 saturated heterocycles. The summed E-state index contributed by atoms with van der Waals surface area (Å²) in [4.78, 5) is 32.3. The fraction of sp³-hybridized carbons (Fsp3) is 0.353. The third kappa shape index (κ3) is 3.29. The Kier molecular flexibility index (Phi) is 4.69. The molecule has 10 nitrogen and oxygen atoms in total. The van der Waals surface area contributed by atoms with Crippen molar-refractivity contribution in [2.24, 2.45) is 5.73 Å². The largest absolute Gasteiger partial charge is 0.535 e. The van der Waals surface area contributed by atoms with Crippen molar-refractivity contribution >= 4 is 19.0 Å². The molecular weight excluding hydrogens is 367 g/mol. The lowest BCUT2D eigenvalue weighted by Gasteiger charge is -2.40. The van der Waals surface area contributed by atoms with E-state index >= 15 is 0 Å². The molecule has 1 amide bonds. The van der Waals surface area contributed by atoms with E-state index in [0.717, 1.165) is 0 Å². The fourth-order valence-corrected chi connectivity index (χ4v) is 3.35. The minimum Gasteiger partial charge on any atom is -0.535 e. The van der Waals surface area contributed by atoms with E-state index in [9.17, 15) is 19.7 Å². The first-order valence-corrected chi connectivity index (χ1v) is 8.87. The molecule has 1 fully saturated rings. The molecule has 0 unspecified atom stereocenters. The SMILES string of the molecule is N[C@@H](C(=O)N1CC(Oc2ccc3c(c2C(=O)O)OB(O)CC3)C1)c1cnc[nH]1. The molecule has 5 N–H and O–H groups in total. The summed E-state index contributed by atoms with van der Waals surface area (Å²) in [5, 5.41) is 19.3. The second kappa shape index (κ2) is 7.17. The topological polar surface area (TPSA) is 151 Å². The Bertz CT molecular complexity index is 899. The maximum atomic E-state index is 12.4. The van der Waals surface area contributed by atoms with E-state index in [4.69, 9.17) is 15.1 Å². The third-order valence-corrected chi connectivity index (χ3v) is 4.90. The van der Waals surface area contributed by atoms with Crippen LogP contribution in [0.4, 0.5) is 0 Å². The van der Waals surface area contributed by atoms with Crippen LogP contribution in [-0.4, -0.2) is 63.2 Å². The fourth-order valence-electron chi connectivity index (χ4n) is 3.35. The highest BCUT2D eigenvalue weighted by Crippen LogP contribution is 2.37. The highest BCUT2D eigenvalue weighted by molar-refractivity contribution is 6.44. The zero-order valence-corrected chi connectivity index (χ0v) is 14.9. The molecule has 11 heteroatoms. The molecule has 2 aromatic rings. The number of fused-ring (bicyclic) bond motifs is 1. The monoisotopic (exact) mass is 386 g/mol. The summed E-state index contributed by atoms with van der Waals surface area (Å²) in [5.41, 5.74) is 7.04. The number of carbonyl (C=O) groups excluding carboxylic acids is 1. The molecule has 0 radical (unpaired) electrons. The number of nitrogens with zero attached hydrogens (tertiary/aromatic N) is 2. The predicted molar refractivity (Wildman–Crippen MR) is 97.0 cm³/mol. The van der Waals surface area contributed by atoms with Crippen LogP contribution in [0, 0.1) is 0 Å². The Morgan fingerprint density at radius 1 is 1.43 bits per heavy atom. The number of imidazole rings is 1. The molecule has 146 valence electrons. The van der Waals surface area contributed by atoms with E-state index in [2.05, 4.69) is 9.97 Å². The van der Waals surface area contributed by atoms with Crippen LogP contribution in [0.15, 0.2) is 24.7 Å². The van der Waals surface area contributed by atoms with Gasteiger partial charge < -0.3 is 35.1 Å². The van der Waals surface area contributed by atoms with Gasteiger partial charge in [-0.1, -0.05) is 6.07 Å². The molecule has 0 saturated carbocycles. The number of ether oxygens (including phenoxy) is 1. The third-order valence-electron chi connectivity index (χ3n) is 4.90. The standard InChI is InChI=1S/C17H19BN4O6/c19-14(11-5-20-8-21-11)16(23)22-6-10(7-22)27-12-2-1-9-3-4-18(26)28-15(9)13(12)17(24)25/h1-2,5,8,10,14,26H,3-4,6-7,19H2,(H,20,21)(H,24,25)/t14-/m1/s1. The van der Waals surface area contributed by atoms with E-state index in [1.165, 1.54) is 17.4 Å². The maximum Gasteiger partial charge on any atom is 0.522 e. The smallest absolute Gasteiger partial charge is 0.522 e. The van der Waals surface area contributed by atoms with Crippen molar-refractivity contribution < 1.29 is 29.1 Å². The number of amides is 1. The summed E-state index contributed by atoms with van der Waals surface area (Å²) in [5.74, 6) is -1.18. The summed E-state index contributed by atoms with van der Waals surface area (Å²) < 4.78 is 11.1. The lowest BCUT2D eigenvalue weighted by atomic mass is 9.78. The molecule has 1 aromatic carbocycles. The molecule has 1 atom stereocenters. The molecule has 1 aromatic heterocycles. The van der Waals surface area contributed by atoms with Gasteiger partial charge >= 0.3 is 13.1 Å². The average molecular weight is 386 g/mol. The minimum atomic E-state index is -1.20. The molecule has 0 aliphatic carbocycles. The van der Waals surface area contributed by atoms with Gasteiger partial charge in [-0.05, 0) is 24.4 Å². The van der Waals surface area contributed by atoms with Gasteiger partial charge in [0.1, 0.15) is 29.2 Å². The highest BCUT2D eigenvalue weighted by Gasteiger charge is 2.37. The number of carboxylic acid groups (broad SMARTS) is 1. The summed E-state index contributed by atoms with van der Waals surface area (Å²) >= 11 is 0. The summed E-state index contributed by atoms with van der Waals surface area (Å²) in [7, 11) is -1.04. The minimum absolute atomic E-state index is 0.116. The number of nitrogens with two attached hydrogens (primary N) is 1. The van der Waals surface area contributed by atoms with Crippen molar-refractivity contribution in [1.82, 2.24) is 14.9 Å². The van der Waals surface area contributed by atoms with Crippen LogP contribution < -0.4 is 15.1 Å². The number of carboxylic acids is 1. The first-order chi connectivity index (χ1) is 13.4. The van der Waals surface area contributed by atoms with Gasteiger partial charge in [0.15, 0.2) is 0 Å². The number of H-pyrrole nitrogens is 1. The Morgan fingerprint density at radius 2 is 2.21 bits per heavy atom. The van der Waals surface area contributed by atoms with Gasteiger partial charge in [-0.2, -0.15) is 0 Å². The quantitative estimate of drug-likeness (QED) is 0.517. The van der Waals surface area contributed by atoms with Crippen molar-refractivity contribution in [2.45, 2.75) is 24.9 Å². The molecule has 0 spiro atoms. The number of carbonyl (C=O) groups is 2. The Morgan fingerprint density at radius 3 is 2.89 bits per heavy atom. The van der Waals surface area contributed by atoms with E-state index in [1.54, 1.807) is 12.1 Å². The van der Waals surface area contributed by atoms with Crippen LogP contribution in [0.3, 0.4) is 0 Å². The lowest BCUT2D eigenvalue weighted by molar-refractivity contribution is -0.141. The van der Waals surface area contributed by atoms with Gasteiger partial charge in [0.2, 0.25) is 5.91 Å². The number of aromatic nitrogens is 2. The molecule has 2 aliphatic heterocycles. The Balaban J connectivity index is 1.44. The van der Waals surface area contributed by atoms with Crippen molar-refractivity contribution in [3.05, 3.63) is 41.5 Å². The van der Waals surface area contributed by atoms with Crippen molar-refractivity contribution in [3.8, 4) is 11.5 Å². The number of benzene rings is 1. The number of aryl methyl sites for hydroxylation is 1. The predicted octanol–water partition coefficient (Wildman–Crippen LogP) is -0.187. The summed E-state index contributed by atoms with van der Waals surface area (Å²) in [6.45, 7) is 0.584. The van der Waals surface area contributed by atoms with E-state index in [0.29, 0.717) is 37.1 Å². The van der Waals surface area contributed by atoms with Crippen LogP contribution in [0.1, 0.15) is 27.7 Å². The molecular formula is C17H19BN4O6. The lowest BCUT2D eigenvalue weighted by Crippen LogP contribution is -2.58. The van der Waals surface area contributed by atoms with Crippen LogP contribution in [0.5, 0.6) is 11.5 Å². The van der Waals surface area contributed by atoms with Gasteiger partial charge in [-0.25, -0.2) is 9.78 Å². The molecule has 3 heterocycles. The van der Waals surface area contributed by atoms with Crippen LogP contribution in [0.2, 0.25) is 6.32 Å². The molecule has 28 heavy (non-hydrogen) atoms. The average Bonchev–Trinajstić information content (AvgIpc) is 3.17. The first-order valence-electron chi connectivity index (χ1n) is 8.87. The van der Waals surface area contributed by atoms with Gasteiger partial charge in [0.05, 0.1) is 31.3 Å². The number of aromatic carboxylic acids is 1. The van der Waals surface area contributed by atoms with E-state index < -0.39 is 19.1 Å². The second-order valence-corrected chi connectivity index (χ2v) is 6.81. The summed E-state index contributed by atoms with van der Waals surface area (Å²) in [6.07, 6.45) is 3.52. The van der Waals surface area contributed by atoms with Gasteiger partial charge in [0, 0.05) is 0 Å². The summed E-state index contributed by atoms with van der Waals surface area (Å²) in [6, 6.07) is 2.49. The normalized spacial score (nSPS) is 17.4. The van der Waals surface area contributed by atoms with E-state index in [-0.39, 0.29) is 29.1 Å². The molecule has 0 bridgehead atoms. The number of nitrogens with one attached hydrogen (secondary N) is 1. The van der Waals surface area contributed by atoms with E-state index in [1.807, 2.05) is 0 Å². The number of hydrogen-bond acceptors (Lipinski definition) is 7. The highest BCUT2D eigenvalue weighted by atomic mass is 16.5. The zero-order chi connectivity index (χ0) is 19.8. The second-order valence-electron chi connectivity index (χ2n) is 6.81. The van der Waals surface area contributed by atoms with Crippen LogP contribution in [-0.2, 0) is 11.2 Å². The van der Waals surface area contributed by atoms with Gasteiger partial charge in [-0.3, -0.25) is 4.79 Å². The van der Waals surface area contributed by atoms with Gasteiger partial charge in [0.25, 0.3) is 0 Å². The number of aromatic amines is 1. The Labute approximate surface area is 160 Å². The first kappa shape index (κ1) is 18.3. The van der Waals surface area contributed by atoms with Crippen LogP contribution in [0.25, 0.3) is 0 Å². The molecule has 4 rings (SSSR count). The Hall–Kier alpha value is -3.05. The van der Waals surface area contributed by atoms with Crippen molar-refractivity contribution in [1.29, 1.82) is 0 Å².